The van der Waals surface area contributed by atoms with Gasteiger partial charge in [-0.25, -0.2) is 13.5 Å². The Kier molecular flexibility index (Phi) is 11.1. The molecule has 10 heteroatoms. The predicted octanol–water partition coefficient (Wildman–Crippen LogP) is 6.00. The van der Waals surface area contributed by atoms with Crippen molar-refractivity contribution in [3.05, 3.63) is 71.4 Å². The molecule has 1 aromatic heterocycles. The molecule has 226 valence electrons. The first kappa shape index (κ1) is 31.2. The zero-order valence-corrected chi connectivity index (χ0v) is 24.3. The van der Waals surface area contributed by atoms with Gasteiger partial charge in [0.25, 0.3) is 0 Å². The van der Waals surface area contributed by atoms with Crippen molar-refractivity contribution in [2.75, 3.05) is 18.9 Å². The van der Waals surface area contributed by atoms with E-state index < -0.39 is 11.6 Å². The molecule has 0 aliphatic heterocycles. The monoisotopic (exact) mass is 582 g/mol. The summed E-state index contributed by atoms with van der Waals surface area (Å²) < 4.78 is 40.2. The number of benzene rings is 2. The lowest BCUT2D eigenvalue weighted by molar-refractivity contribution is -0.151. The molecule has 3 N–H and O–H groups in total. The third-order valence-corrected chi connectivity index (χ3v) is 7.34. The number of hydrogen-bond acceptors (Lipinski definition) is 7. The summed E-state index contributed by atoms with van der Waals surface area (Å²) in [5.41, 5.74) is 6.51. The van der Waals surface area contributed by atoms with E-state index in [-0.39, 0.29) is 41.0 Å². The number of anilines is 1. The minimum atomic E-state index is -0.841. The lowest BCUT2D eigenvalue weighted by atomic mass is 10.0. The number of hydrogen-bond donors (Lipinski definition) is 2. The molecule has 0 radical (unpaired) electrons. The predicted molar refractivity (Wildman–Crippen MR) is 157 cm³/mol. The first-order valence-corrected chi connectivity index (χ1v) is 14.7. The normalized spacial score (nSPS) is 14.3. The van der Waals surface area contributed by atoms with Gasteiger partial charge >= 0.3 is 5.97 Å². The summed E-state index contributed by atoms with van der Waals surface area (Å²) in [7, 11) is 0. The average Bonchev–Trinajstić information content (AvgIpc) is 3.61. The molecule has 0 spiro atoms. The highest BCUT2D eigenvalue weighted by molar-refractivity contribution is 6.11. The number of nitrogens with zero attached hydrogens (tertiary/aromatic N) is 2. The Morgan fingerprint density at radius 2 is 1.88 bits per heavy atom. The molecule has 3 aromatic rings. The van der Waals surface area contributed by atoms with E-state index in [1.54, 1.807) is 24.3 Å². The maximum atomic E-state index is 14.2. The first-order chi connectivity index (χ1) is 20.2. The highest BCUT2D eigenvalue weighted by atomic mass is 19.1. The maximum absolute atomic E-state index is 14.2. The van der Waals surface area contributed by atoms with Gasteiger partial charge in [-0.1, -0.05) is 26.0 Å². The van der Waals surface area contributed by atoms with Crippen LogP contribution in [0, 0.1) is 17.6 Å². The topological polar surface area (TPSA) is 108 Å². The number of aromatic nitrogens is 2. The van der Waals surface area contributed by atoms with Crippen LogP contribution in [0.2, 0.25) is 0 Å². The molecule has 8 nitrogen and oxygen atoms in total. The molecular weight excluding hydrogens is 542 g/mol. The number of nitrogens with one attached hydrogen (secondary N) is 1. The highest BCUT2D eigenvalue weighted by Gasteiger charge is 2.26. The van der Waals surface area contributed by atoms with E-state index in [0.29, 0.717) is 23.8 Å². The van der Waals surface area contributed by atoms with Gasteiger partial charge in [-0.2, -0.15) is 5.10 Å². The molecule has 1 atom stereocenters. The number of ketones is 1. The molecule has 2 aromatic carbocycles. The van der Waals surface area contributed by atoms with Gasteiger partial charge in [0.1, 0.15) is 35.2 Å². The smallest absolute Gasteiger partial charge is 0.323 e. The van der Waals surface area contributed by atoms with Crippen molar-refractivity contribution in [1.29, 1.82) is 0 Å². The standard InChI is InChI=1S/C32H40F2N4O4/c1-21(2)17-28(32(40)42-24-10-4-5-11-24)36-15-6-3-7-16-41-25-12-8-9-22(18-25)30(39)26-20-37-38(31(26)35)29-14-13-23(33)19-27(29)34/h8-9,12-14,18-21,24,28,36H,3-7,10-11,15-17,35H2,1-2H3. The van der Waals surface area contributed by atoms with Gasteiger partial charge in [0.05, 0.1) is 18.4 Å². The second-order valence-corrected chi connectivity index (χ2v) is 11.2. The van der Waals surface area contributed by atoms with Crippen molar-refractivity contribution >= 4 is 17.6 Å². The lowest BCUT2D eigenvalue weighted by Gasteiger charge is -2.21. The van der Waals surface area contributed by atoms with Gasteiger partial charge in [-0.15, -0.1) is 0 Å². The third kappa shape index (κ3) is 8.38. The Hall–Kier alpha value is -3.79. The summed E-state index contributed by atoms with van der Waals surface area (Å²) >= 11 is 0. The van der Waals surface area contributed by atoms with Crippen molar-refractivity contribution in [2.45, 2.75) is 77.4 Å². The minimum Gasteiger partial charge on any atom is -0.494 e. The van der Waals surface area contributed by atoms with E-state index in [4.69, 9.17) is 15.2 Å². The fourth-order valence-corrected chi connectivity index (χ4v) is 5.12. The lowest BCUT2D eigenvalue weighted by Crippen LogP contribution is -2.40. The van der Waals surface area contributed by atoms with Crippen LogP contribution in [0.3, 0.4) is 0 Å². The zero-order valence-electron chi connectivity index (χ0n) is 24.3. The number of rotatable bonds is 15. The van der Waals surface area contributed by atoms with Gasteiger partial charge in [-0.3, -0.25) is 9.59 Å². The molecule has 0 saturated heterocycles. The summed E-state index contributed by atoms with van der Waals surface area (Å²) in [6.45, 7) is 5.40. The molecule has 42 heavy (non-hydrogen) atoms. The molecule has 1 unspecified atom stereocenters. The minimum absolute atomic E-state index is 0.0483. The van der Waals surface area contributed by atoms with Crippen molar-refractivity contribution in [3.8, 4) is 11.4 Å². The van der Waals surface area contributed by atoms with Crippen LogP contribution in [0.15, 0.2) is 48.7 Å². The fourth-order valence-electron chi connectivity index (χ4n) is 5.12. The average molecular weight is 583 g/mol. The zero-order chi connectivity index (χ0) is 30.1. The first-order valence-electron chi connectivity index (χ1n) is 14.7. The number of unbranched alkanes of at least 4 members (excludes halogenated alkanes) is 2. The van der Waals surface area contributed by atoms with E-state index in [9.17, 15) is 18.4 Å². The Balaban J connectivity index is 1.23. The van der Waals surface area contributed by atoms with Gasteiger partial charge < -0.3 is 20.5 Å². The largest absolute Gasteiger partial charge is 0.494 e. The quantitative estimate of drug-likeness (QED) is 0.128. The van der Waals surface area contributed by atoms with Crippen molar-refractivity contribution in [1.82, 2.24) is 15.1 Å². The number of nitrogen functional groups attached to an aromatic ring is 1. The van der Waals surface area contributed by atoms with Gasteiger partial charge in [0.15, 0.2) is 11.6 Å². The number of esters is 1. The molecule has 1 fully saturated rings. The number of ether oxygens (including phenoxy) is 2. The van der Waals surface area contributed by atoms with Crippen LogP contribution in [0.25, 0.3) is 5.69 Å². The number of carbonyl (C=O) groups excluding carboxylic acids is 2. The van der Waals surface area contributed by atoms with E-state index in [2.05, 4.69) is 24.3 Å². The molecule has 1 aliphatic carbocycles. The second kappa shape index (κ2) is 14.9. The summed E-state index contributed by atoms with van der Waals surface area (Å²) in [5.74, 6) is -1.20. The van der Waals surface area contributed by atoms with E-state index in [1.807, 2.05) is 0 Å². The molecule has 4 rings (SSSR count). The SMILES string of the molecule is CC(C)CC(NCCCCCOc1cccc(C(=O)c2cnn(-c3ccc(F)cc3F)c2N)c1)C(=O)OC1CCCC1. The number of halogens is 2. The third-order valence-electron chi connectivity index (χ3n) is 7.34. The van der Waals surface area contributed by atoms with E-state index >= 15 is 0 Å². The van der Waals surface area contributed by atoms with Gasteiger partial charge in [-0.05, 0) is 88.1 Å². The number of carbonyl (C=O) groups is 2. The summed E-state index contributed by atoms with van der Waals surface area (Å²) in [4.78, 5) is 25.8. The highest BCUT2D eigenvalue weighted by Crippen LogP contribution is 2.25. The molecule has 1 saturated carbocycles. The van der Waals surface area contributed by atoms with E-state index in [0.717, 1.165) is 74.7 Å². The van der Waals surface area contributed by atoms with E-state index in [1.165, 1.54) is 12.3 Å². The summed E-state index contributed by atoms with van der Waals surface area (Å²) in [5, 5.41) is 7.42. The van der Waals surface area contributed by atoms with Crippen LogP contribution in [-0.4, -0.2) is 46.8 Å². The van der Waals surface area contributed by atoms with Crippen LogP contribution in [0.1, 0.15) is 81.1 Å². The molecule has 1 heterocycles. The Morgan fingerprint density at radius 1 is 1.10 bits per heavy atom. The van der Waals surface area contributed by atoms with Crippen molar-refractivity contribution in [3.63, 3.8) is 0 Å². The summed E-state index contributed by atoms with van der Waals surface area (Å²) in [6, 6.07) is 9.51. The molecule has 1 aliphatic rings. The van der Waals surface area contributed by atoms with Crippen LogP contribution in [0.4, 0.5) is 14.6 Å². The molecule has 0 bridgehead atoms. The van der Waals surface area contributed by atoms with Gasteiger partial charge in [0, 0.05) is 11.6 Å². The second-order valence-electron chi connectivity index (χ2n) is 11.2. The Labute approximate surface area is 245 Å². The van der Waals surface area contributed by atoms with Crippen LogP contribution in [-0.2, 0) is 9.53 Å². The molecule has 0 amide bonds. The van der Waals surface area contributed by atoms with Crippen molar-refractivity contribution < 1.29 is 27.8 Å². The Morgan fingerprint density at radius 3 is 2.62 bits per heavy atom. The Bertz CT molecular complexity index is 1350. The van der Waals surface area contributed by atoms with Crippen LogP contribution < -0.4 is 15.8 Å². The maximum Gasteiger partial charge on any atom is 0.323 e. The van der Waals surface area contributed by atoms with Gasteiger partial charge in [0.2, 0.25) is 0 Å². The van der Waals surface area contributed by atoms with Crippen LogP contribution >= 0.6 is 0 Å². The molecular formula is C32H40F2N4O4. The number of nitrogens with two attached hydrogens (primary N) is 1. The summed E-state index contributed by atoms with van der Waals surface area (Å²) in [6.07, 6.45) is 8.89. The fraction of sp³-hybridized carbons (Fsp3) is 0.469. The van der Waals surface area contributed by atoms with Crippen LogP contribution in [0.5, 0.6) is 5.75 Å². The van der Waals surface area contributed by atoms with Crippen molar-refractivity contribution in [2.24, 2.45) is 5.92 Å².